The second-order valence-corrected chi connectivity index (χ2v) is 4.35. The van der Waals surface area contributed by atoms with Crippen molar-refractivity contribution in [2.75, 3.05) is 5.75 Å². The van der Waals surface area contributed by atoms with Gasteiger partial charge in [0, 0.05) is 5.56 Å². The predicted octanol–water partition coefficient (Wildman–Crippen LogP) is 1.90. The van der Waals surface area contributed by atoms with E-state index in [4.69, 9.17) is 9.78 Å². The minimum Gasteiger partial charge on any atom is -0.504 e. The summed E-state index contributed by atoms with van der Waals surface area (Å²) < 4.78 is 5.00. The maximum atomic E-state index is 9.37. The van der Waals surface area contributed by atoms with E-state index >= 15 is 0 Å². The number of phenolic OH excluding ortho intramolecular Hbond substituents is 2. The quantitative estimate of drug-likeness (QED) is 0.641. The third-order valence-corrected chi connectivity index (χ3v) is 2.88. The summed E-state index contributed by atoms with van der Waals surface area (Å²) in [6.07, 6.45) is 0. The highest BCUT2D eigenvalue weighted by molar-refractivity contribution is 7.98. The molecule has 92 valence electrons. The van der Waals surface area contributed by atoms with Gasteiger partial charge in [-0.1, -0.05) is 5.16 Å². The van der Waals surface area contributed by atoms with Crippen molar-refractivity contribution in [2.24, 2.45) is 0 Å². The van der Waals surface area contributed by atoms with Crippen LogP contribution in [0.15, 0.2) is 22.7 Å². The van der Waals surface area contributed by atoms with Crippen molar-refractivity contribution in [3.8, 4) is 29.0 Å². The van der Waals surface area contributed by atoms with Crippen LogP contribution in [-0.2, 0) is 5.75 Å². The molecule has 0 bridgehead atoms. The van der Waals surface area contributed by atoms with E-state index in [2.05, 4.69) is 10.1 Å². The van der Waals surface area contributed by atoms with Crippen LogP contribution in [0.25, 0.3) is 11.4 Å². The molecule has 0 radical (unpaired) electrons. The Morgan fingerprint density at radius 1 is 1.33 bits per heavy atom. The van der Waals surface area contributed by atoms with Gasteiger partial charge in [-0.15, -0.1) is 11.8 Å². The summed E-state index contributed by atoms with van der Waals surface area (Å²) in [6, 6.07) is 6.28. The molecular formula is C11H9N3O3S. The number of phenols is 2. The van der Waals surface area contributed by atoms with Gasteiger partial charge in [0.2, 0.25) is 11.7 Å². The first kappa shape index (κ1) is 12.3. The van der Waals surface area contributed by atoms with Crippen LogP contribution in [0, 0.1) is 11.3 Å². The molecule has 0 amide bonds. The van der Waals surface area contributed by atoms with E-state index in [1.54, 1.807) is 6.07 Å². The molecule has 18 heavy (non-hydrogen) atoms. The third-order valence-electron chi connectivity index (χ3n) is 2.09. The van der Waals surface area contributed by atoms with Gasteiger partial charge in [0.1, 0.15) is 0 Å². The number of benzene rings is 1. The zero-order valence-corrected chi connectivity index (χ0v) is 10.0. The molecule has 0 aliphatic carbocycles. The second kappa shape index (κ2) is 5.42. The van der Waals surface area contributed by atoms with E-state index in [0.717, 1.165) is 0 Å². The average molecular weight is 263 g/mol. The van der Waals surface area contributed by atoms with Gasteiger partial charge in [0.05, 0.1) is 17.6 Å². The molecule has 2 N–H and O–H groups in total. The Morgan fingerprint density at radius 2 is 2.17 bits per heavy atom. The number of aromatic hydroxyl groups is 2. The molecule has 2 rings (SSSR count). The van der Waals surface area contributed by atoms with E-state index in [1.807, 2.05) is 6.07 Å². The largest absolute Gasteiger partial charge is 0.504 e. The summed E-state index contributed by atoms with van der Waals surface area (Å²) in [5.74, 6) is 1.13. The lowest BCUT2D eigenvalue weighted by molar-refractivity contribution is 0.391. The summed E-state index contributed by atoms with van der Waals surface area (Å²) in [5, 5.41) is 30.7. The molecular weight excluding hydrogens is 254 g/mol. The topological polar surface area (TPSA) is 103 Å². The SMILES string of the molecule is N#CCSCc1nc(-c2ccc(O)c(O)c2)no1. The molecule has 2 aromatic rings. The zero-order valence-electron chi connectivity index (χ0n) is 9.20. The van der Waals surface area contributed by atoms with Crippen LogP contribution >= 0.6 is 11.8 Å². The number of rotatable bonds is 4. The van der Waals surface area contributed by atoms with Crippen LogP contribution in [0.1, 0.15) is 5.89 Å². The number of hydrogen-bond acceptors (Lipinski definition) is 7. The minimum atomic E-state index is -0.238. The minimum absolute atomic E-state index is 0.202. The molecule has 0 aliphatic heterocycles. The Labute approximate surface area is 107 Å². The van der Waals surface area contributed by atoms with E-state index in [0.29, 0.717) is 28.8 Å². The van der Waals surface area contributed by atoms with Gasteiger partial charge in [-0.25, -0.2) is 0 Å². The lowest BCUT2D eigenvalue weighted by atomic mass is 10.2. The predicted molar refractivity (Wildman–Crippen MR) is 64.8 cm³/mol. The fraction of sp³-hybridized carbons (Fsp3) is 0.182. The highest BCUT2D eigenvalue weighted by Crippen LogP contribution is 2.29. The van der Waals surface area contributed by atoms with Crippen molar-refractivity contribution >= 4 is 11.8 Å². The van der Waals surface area contributed by atoms with Gasteiger partial charge in [-0.05, 0) is 18.2 Å². The second-order valence-electron chi connectivity index (χ2n) is 3.37. The Hall–Kier alpha value is -2.20. The molecule has 1 aromatic carbocycles. The molecule has 0 aliphatic rings. The number of nitrogens with zero attached hydrogens (tertiary/aromatic N) is 3. The van der Waals surface area contributed by atoms with Gasteiger partial charge >= 0.3 is 0 Å². The molecule has 0 unspecified atom stereocenters. The van der Waals surface area contributed by atoms with Crippen LogP contribution in [0.5, 0.6) is 11.5 Å². The lowest BCUT2D eigenvalue weighted by Gasteiger charge is -1.98. The van der Waals surface area contributed by atoms with Crippen molar-refractivity contribution in [1.82, 2.24) is 10.1 Å². The van der Waals surface area contributed by atoms with Gasteiger partial charge < -0.3 is 14.7 Å². The van der Waals surface area contributed by atoms with Crippen molar-refractivity contribution in [3.05, 3.63) is 24.1 Å². The van der Waals surface area contributed by atoms with Gasteiger partial charge in [-0.2, -0.15) is 10.2 Å². The molecule has 7 heteroatoms. The summed E-state index contributed by atoms with van der Waals surface area (Å²) >= 11 is 1.37. The van der Waals surface area contributed by atoms with E-state index < -0.39 is 0 Å². The van der Waals surface area contributed by atoms with Crippen molar-refractivity contribution in [3.63, 3.8) is 0 Å². The normalized spacial score (nSPS) is 10.2. The summed E-state index contributed by atoms with van der Waals surface area (Å²) in [5.41, 5.74) is 0.547. The van der Waals surface area contributed by atoms with E-state index in [-0.39, 0.29) is 11.5 Å². The standard InChI is InChI=1S/C11H9N3O3S/c12-3-4-18-6-10-13-11(14-17-10)7-1-2-8(15)9(16)5-7/h1-2,5,15-16H,4,6H2. The zero-order chi connectivity index (χ0) is 13.0. The molecule has 6 nitrogen and oxygen atoms in total. The highest BCUT2D eigenvalue weighted by atomic mass is 32.2. The van der Waals surface area contributed by atoms with Crippen LogP contribution in [-0.4, -0.2) is 26.1 Å². The smallest absolute Gasteiger partial charge is 0.236 e. The highest BCUT2D eigenvalue weighted by Gasteiger charge is 2.10. The van der Waals surface area contributed by atoms with Crippen molar-refractivity contribution in [2.45, 2.75) is 5.75 Å². The Balaban J connectivity index is 2.14. The average Bonchev–Trinajstić information content (AvgIpc) is 2.82. The first-order chi connectivity index (χ1) is 8.70. The van der Waals surface area contributed by atoms with E-state index in [9.17, 15) is 10.2 Å². The molecule has 0 saturated carbocycles. The summed E-state index contributed by atoms with van der Waals surface area (Å²) in [6.45, 7) is 0. The molecule has 0 fully saturated rings. The first-order valence-corrected chi connectivity index (χ1v) is 6.16. The monoisotopic (exact) mass is 263 g/mol. The maximum absolute atomic E-state index is 9.37. The number of hydrogen-bond donors (Lipinski definition) is 2. The number of aromatic nitrogens is 2. The first-order valence-electron chi connectivity index (χ1n) is 5.00. The fourth-order valence-electron chi connectivity index (χ4n) is 1.28. The lowest BCUT2D eigenvalue weighted by Crippen LogP contribution is -1.83. The molecule has 0 spiro atoms. The molecule has 1 aromatic heterocycles. The van der Waals surface area contributed by atoms with Crippen molar-refractivity contribution in [1.29, 1.82) is 5.26 Å². The van der Waals surface area contributed by atoms with Crippen LogP contribution in [0.3, 0.4) is 0 Å². The molecule has 0 atom stereocenters. The third kappa shape index (κ3) is 2.73. The summed E-state index contributed by atoms with van der Waals surface area (Å²) in [4.78, 5) is 4.12. The molecule has 0 saturated heterocycles. The van der Waals surface area contributed by atoms with Crippen molar-refractivity contribution < 1.29 is 14.7 Å². The van der Waals surface area contributed by atoms with E-state index in [1.165, 1.54) is 23.9 Å². The van der Waals surface area contributed by atoms with Gasteiger partial charge in [-0.3, -0.25) is 0 Å². The summed E-state index contributed by atoms with van der Waals surface area (Å²) in [7, 11) is 0. The van der Waals surface area contributed by atoms with Gasteiger partial charge in [0.25, 0.3) is 0 Å². The van der Waals surface area contributed by atoms with Gasteiger partial charge in [0.15, 0.2) is 11.5 Å². The molecule has 1 heterocycles. The van der Waals surface area contributed by atoms with Crippen LogP contribution < -0.4 is 0 Å². The number of nitriles is 1. The Bertz CT molecular complexity index is 591. The van der Waals surface area contributed by atoms with Crippen LogP contribution in [0.4, 0.5) is 0 Å². The fourth-order valence-corrected chi connectivity index (χ4v) is 1.76. The Morgan fingerprint density at radius 3 is 2.89 bits per heavy atom. The Kier molecular flexibility index (Phi) is 3.69. The number of thioether (sulfide) groups is 1. The van der Waals surface area contributed by atoms with Crippen LogP contribution in [0.2, 0.25) is 0 Å². The maximum Gasteiger partial charge on any atom is 0.236 e.